The van der Waals surface area contributed by atoms with Gasteiger partial charge in [0.1, 0.15) is 5.82 Å². The number of halogens is 1. The van der Waals surface area contributed by atoms with Gasteiger partial charge in [0.2, 0.25) is 0 Å². The second-order valence-corrected chi connectivity index (χ2v) is 7.17. The highest BCUT2D eigenvalue weighted by molar-refractivity contribution is 6.09. The molecule has 1 saturated heterocycles. The van der Waals surface area contributed by atoms with Gasteiger partial charge in [-0.25, -0.2) is 4.39 Å². The average molecular weight is 354 g/mol. The Kier molecular flexibility index (Phi) is 5.35. The summed E-state index contributed by atoms with van der Waals surface area (Å²) in [6.45, 7) is 5.73. The third-order valence-corrected chi connectivity index (χ3v) is 4.65. The van der Waals surface area contributed by atoms with Gasteiger partial charge < -0.3 is 10.2 Å². The van der Waals surface area contributed by atoms with E-state index in [2.05, 4.69) is 19.2 Å². The highest BCUT2D eigenvalue weighted by atomic mass is 19.1. The summed E-state index contributed by atoms with van der Waals surface area (Å²) in [5.41, 5.74) is 1.11. The van der Waals surface area contributed by atoms with Crippen LogP contribution in [0, 0.1) is 17.7 Å². The summed E-state index contributed by atoms with van der Waals surface area (Å²) in [6.07, 6.45) is 1.11. The number of anilines is 1. The van der Waals surface area contributed by atoms with Gasteiger partial charge in [0.05, 0.1) is 11.3 Å². The molecule has 2 aromatic rings. The molecule has 2 unspecified atom stereocenters. The number of nitrogens with zero attached hydrogens (tertiary/aromatic N) is 1. The Morgan fingerprint density at radius 3 is 2.42 bits per heavy atom. The minimum Gasteiger partial charge on any atom is -0.338 e. The van der Waals surface area contributed by atoms with Crippen molar-refractivity contribution in [2.75, 3.05) is 18.4 Å². The third kappa shape index (κ3) is 4.10. The van der Waals surface area contributed by atoms with Crippen LogP contribution in [0.25, 0.3) is 0 Å². The van der Waals surface area contributed by atoms with Crippen molar-refractivity contribution in [3.8, 4) is 0 Å². The van der Waals surface area contributed by atoms with E-state index in [1.54, 1.807) is 24.3 Å². The van der Waals surface area contributed by atoms with Gasteiger partial charge >= 0.3 is 0 Å². The molecular weight excluding hydrogens is 331 g/mol. The summed E-state index contributed by atoms with van der Waals surface area (Å²) >= 11 is 0. The number of carbonyl (C=O) groups is 2. The summed E-state index contributed by atoms with van der Waals surface area (Å²) in [5, 5.41) is 2.74. The Morgan fingerprint density at radius 2 is 1.73 bits per heavy atom. The fourth-order valence-electron chi connectivity index (χ4n) is 3.60. The van der Waals surface area contributed by atoms with Crippen molar-refractivity contribution in [3.63, 3.8) is 0 Å². The Morgan fingerprint density at radius 1 is 1.04 bits per heavy atom. The molecule has 1 aliphatic rings. The van der Waals surface area contributed by atoms with E-state index in [4.69, 9.17) is 0 Å². The second kappa shape index (κ2) is 7.68. The second-order valence-electron chi connectivity index (χ2n) is 7.17. The molecule has 2 amide bonds. The molecular formula is C21H23FN2O2. The lowest BCUT2D eigenvalue weighted by atomic mass is 9.91. The van der Waals surface area contributed by atoms with E-state index in [1.165, 1.54) is 24.3 Å². The maximum absolute atomic E-state index is 13.3. The molecule has 3 rings (SSSR count). The predicted octanol–water partition coefficient (Wildman–Crippen LogP) is 4.20. The normalized spacial score (nSPS) is 19.9. The molecule has 1 fully saturated rings. The fourth-order valence-corrected chi connectivity index (χ4v) is 3.60. The minimum atomic E-state index is -0.474. The van der Waals surface area contributed by atoms with Crippen LogP contribution in [0.15, 0.2) is 48.5 Å². The molecule has 1 aliphatic heterocycles. The van der Waals surface area contributed by atoms with Crippen LogP contribution in [0.2, 0.25) is 0 Å². The van der Waals surface area contributed by atoms with Gasteiger partial charge in [-0.05, 0) is 48.6 Å². The molecule has 26 heavy (non-hydrogen) atoms. The number of hydrogen-bond acceptors (Lipinski definition) is 2. The number of piperidine rings is 1. The van der Waals surface area contributed by atoms with E-state index < -0.39 is 11.7 Å². The fraction of sp³-hybridized carbons (Fsp3) is 0.333. The van der Waals surface area contributed by atoms with Crippen molar-refractivity contribution in [3.05, 3.63) is 65.5 Å². The van der Waals surface area contributed by atoms with Gasteiger partial charge in [0.25, 0.3) is 11.8 Å². The average Bonchev–Trinajstić information content (AvgIpc) is 2.61. The largest absolute Gasteiger partial charge is 0.338 e. The molecule has 2 atom stereocenters. The number of hydrogen-bond donors (Lipinski definition) is 1. The first-order valence-corrected chi connectivity index (χ1v) is 8.89. The molecule has 0 bridgehead atoms. The smallest absolute Gasteiger partial charge is 0.255 e. The SMILES string of the molecule is CC1CC(C)CN(C(=O)c2ccccc2NC(=O)c2cccc(F)c2)C1. The van der Waals surface area contributed by atoms with Crippen LogP contribution in [0.1, 0.15) is 41.0 Å². The molecule has 1 heterocycles. The van der Waals surface area contributed by atoms with Crippen LogP contribution in [-0.2, 0) is 0 Å². The number of rotatable bonds is 3. The van der Waals surface area contributed by atoms with Crippen LogP contribution in [0.3, 0.4) is 0 Å². The van der Waals surface area contributed by atoms with E-state index in [1.807, 2.05) is 4.90 Å². The lowest BCUT2D eigenvalue weighted by Crippen LogP contribution is -2.42. The molecule has 4 nitrogen and oxygen atoms in total. The first-order chi connectivity index (χ1) is 12.4. The van der Waals surface area contributed by atoms with Gasteiger partial charge in [0.15, 0.2) is 0 Å². The van der Waals surface area contributed by atoms with Gasteiger partial charge in [-0.2, -0.15) is 0 Å². The highest BCUT2D eigenvalue weighted by Gasteiger charge is 2.27. The zero-order valence-electron chi connectivity index (χ0n) is 15.0. The van der Waals surface area contributed by atoms with Crippen LogP contribution >= 0.6 is 0 Å². The van der Waals surface area contributed by atoms with Crippen molar-refractivity contribution in [1.82, 2.24) is 4.90 Å². The first-order valence-electron chi connectivity index (χ1n) is 8.89. The molecule has 2 aromatic carbocycles. The van der Waals surface area contributed by atoms with E-state index in [9.17, 15) is 14.0 Å². The van der Waals surface area contributed by atoms with E-state index in [-0.39, 0.29) is 11.5 Å². The van der Waals surface area contributed by atoms with Gasteiger partial charge in [-0.1, -0.05) is 32.0 Å². The molecule has 5 heteroatoms. The zero-order valence-corrected chi connectivity index (χ0v) is 15.0. The van der Waals surface area contributed by atoms with Gasteiger partial charge in [-0.15, -0.1) is 0 Å². The maximum atomic E-state index is 13.3. The van der Waals surface area contributed by atoms with Crippen LogP contribution in [-0.4, -0.2) is 29.8 Å². The van der Waals surface area contributed by atoms with Gasteiger partial charge in [-0.3, -0.25) is 9.59 Å². The number of carbonyl (C=O) groups excluding carboxylic acids is 2. The standard InChI is InChI=1S/C21H23FN2O2/c1-14-10-15(2)13-24(12-14)21(26)18-8-3-4-9-19(18)23-20(25)16-6-5-7-17(22)11-16/h3-9,11,14-15H,10,12-13H2,1-2H3,(H,23,25). The van der Waals surface area contributed by atoms with Crippen molar-refractivity contribution in [2.45, 2.75) is 20.3 Å². The summed E-state index contributed by atoms with van der Waals surface area (Å²) < 4.78 is 13.3. The Balaban J connectivity index is 1.82. The van der Waals surface area contributed by atoms with E-state index >= 15 is 0 Å². The molecule has 136 valence electrons. The summed E-state index contributed by atoms with van der Waals surface area (Å²) in [6, 6.07) is 12.4. The number of para-hydroxylation sites is 1. The minimum absolute atomic E-state index is 0.0847. The highest BCUT2D eigenvalue weighted by Crippen LogP contribution is 2.25. The Bertz CT molecular complexity index is 811. The zero-order chi connectivity index (χ0) is 18.7. The monoisotopic (exact) mass is 354 g/mol. The molecule has 0 saturated carbocycles. The number of benzene rings is 2. The maximum Gasteiger partial charge on any atom is 0.255 e. The van der Waals surface area contributed by atoms with Crippen LogP contribution in [0.4, 0.5) is 10.1 Å². The van der Waals surface area contributed by atoms with Crippen molar-refractivity contribution in [2.24, 2.45) is 11.8 Å². The van der Waals surface area contributed by atoms with Crippen LogP contribution in [0.5, 0.6) is 0 Å². The first kappa shape index (κ1) is 18.1. The Labute approximate surface area is 153 Å². The van der Waals surface area contributed by atoms with Crippen LogP contribution < -0.4 is 5.32 Å². The van der Waals surface area contributed by atoms with Crippen molar-refractivity contribution >= 4 is 17.5 Å². The van der Waals surface area contributed by atoms with E-state index in [0.29, 0.717) is 23.1 Å². The third-order valence-electron chi connectivity index (χ3n) is 4.65. The molecule has 0 radical (unpaired) electrons. The van der Waals surface area contributed by atoms with Crippen molar-refractivity contribution in [1.29, 1.82) is 0 Å². The summed E-state index contributed by atoms with van der Waals surface area (Å²) in [5.74, 6) is -0.0875. The number of amides is 2. The number of likely N-dealkylation sites (tertiary alicyclic amines) is 1. The lowest BCUT2D eigenvalue weighted by Gasteiger charge is -2.35. The molecule has 0 aromatic heterocycles. The number of nitrogens with one attached hydrogen (secondary N) is 1. The Hall–Kier alpha value is -2.69. The molecule has 1 N–H and O–H groups in total. The lowest BCUT2D eigenvalue weighted by molar-refractivity contribution is 0.0624. The van der Waals surface area contributed by atoms with Gasteiger partial charge in [0, 0.05) is 18.7 Å². The molecule has 0 aliphatic carbocycles. The topological polar surface area (TPSA) is 49.4 Å². The predicted molar refractivity (Wildman–Crippen MR) is 99.6 cm³/mol. The van der Waals surface area contributed by atoms with E-state index in [0.717, 1.165) is 19.5 Å². The summed E-state index contributed by atoms with van der Waals surface area (Å²) in [7, 11) is 0. The summed E-state index contributed by atoms with van der Waals surface area (Å²) in [4.78, 5) is 27.3. The molecule has 0 spiro atoms. The quantitative estimate of drug-likeness (QED) is 0.898. The van der Waals surface area contributed by atoms with Crippen molar-refractivity contribution < 1.29 is 14.0 Å².